The molecule has 0 amide bonds. The maximum absolute atomic E-state index is 12.1. The van der Waals surface area contributed by atoms with E-state index in [-0.39, 0.29) is 12.1 Å². The van der Waals surface area contributed by atoms with Crippen LogP contribution in [0.25, 0.3) is 0 Å². The Kier molecular flexibility index (Phi) is 3.83. The summed E-state index contributed by atoms with van der Waals surface area (Å²) in [7, 11) is 0. The van der Waals surface area contributed by atoms with E-state index in [0.29, 0.717) is 16.7 Å². The zero-order chi connectivity index (χ0) is 14.0. The Morgan fingerprint density at radius 2 is 1.95 bits per heavy atom. The van der Waals surface area contributed by atoms with Crippen molar-refractivity contribution in [2.24, 2.45) is 5.41 Å². The summed E-state index contributed by atoms with van der Waals surface area (Å²) in [5.41, 5.74) is 8.38. The molecule has 0 saturated heterocycles. The second-order valence-electron chi connectivity index (χ2n) is 6.34. The van der Waals surface area contributed by atoms with Crippen LogP contribution in [0, 0.1) is 12.3 Å². The Hall–Kier alpha value is -1.51. The summed E-state index contributed by atoms with van der Waals surface area (Å²) in [4.78, 5) is 12.1. The van der Waals surface area contributed by atoms with Crippen molar-refractivity contribution >= 4 is 11.7 Å². The minimum absolute atomic E-state index is 0.0584. The summed E-state index contributed by atoms with van der Waals surface area (Å²) in [5.74, 6) is -0.253. The Labute approximate surface area is 115 Å². The number of esters is 1. The molecular weight excluding hydrogens is 238 g/mol. The lowest BCUT2D eigenvalue weighted by atomic mass is 9.76. The van der Waals surface area contributed by atoms with Gasteiger partial charge >= 0.3 is 5.97 Å². The highest BCUT2D eigenvalue weighted by Crippen LogP contribution is 2.36. The molecule has 2 rings (SSSR count). The largest absolute Gasteiger partial charge is 0.459 e. The van der Waals surface area contributed by atoms with Crippen molar-refractivity contribution < 1.29 is 9.53 Å². The van der Waals surface area contributed by atoms with Crippen molar-refractivity contribution in [3.05, 3.63) is 29.3 Å². The zero-order valence-corrected chi connectivity index (χ0v) is 12.0. The highest BCUT2D eigenvalue weighted by molar-refractivity contribution is 5.90. The molecule has 0 unspecified atom stereocenters. The van der Waals surface area contributed by atoms with Crippen LogP contribution in [0.2, 0.25) is 0 Å². The van der Waals surface area contributed by atoms with E-state index in [1.165, 1.54) is 0 Å². The van der Waals surface area contributed by atoms with Gasteiger partial charge in [-0.15, -0.1) is 0 Å². The molecule has 1 saturated carbocycles. The van der Waals surface area contributed by atoms with E-state index in [1.54, 1.807) is 12.1 Å². The predicted molar refractivity (Wildman–Crippen MR) is 77.0 cm³/mol. The molecule has 0 atom stereocenters. The van der Waals surface area contributed by atoms with Gasteiger partial charge in [-0.25, -0.2) is 4.79 Å². The third-order valence-electron chi connectivity index (χ3n) is 4.07. The van der Waals surface area contributed by atoms with Gasteiger partial charge in [-0.3, -0.25) is 0 Å². The summed E-state index contributed by atoms with van der Waals surface area (Å²) in [6, 6.07) is 5.33. The standard InChI is InChI=1S/C16H23NO2/c1-11-4-5-12(10-14(11)17)15(18)19-13-6-8-16(2,3)9-7-13/h4-5,10,13H,6-9,17H2,1-3H3. The Balaban J connectivity index is 1.96. The number of anilines is 1. The fraction of sp³-hybridized carbons (Fsp3) is 0.562. The zero-order valence-electron chi connectivity index (χ0n) is 12.0. The van der Waals surface area contributed by atoms with Gasteiger partial charge in [-0.05, 0) is 55.7 Å². The minimum atomic E-state index is -0.253. The first-order valence-corrected chi connectivity index (χ1v) is 6.94. The molecule has 1 fully saturated rings. The number of carbonyl (C=O) groups excluding carboxylic acids is 1. The van der Waals surface area contributed by atoms with Crippen LogP contribution in [-0.4, -0.2) is 12.1 Å². The third kappa shape index (κ3) is 3.49. The summed E-state index contributed by atoms with van der Waals surface area (Å²) >= 11 is 0. The van der Waals surface area contributed by atoms with Crippen LogP contribution in [0.1, 0.15) is 55.5 Å². The van der Waals surface area contributed by atoms with Crippen LogP contribution in [0.5, 0.6) is 0 Å². The van der Waals surface area contributed by atoms with Gasteiger partial charge < -0.3 is 10.5 Å². The monoisotopic (exact) mass is 261 g/mol. The van der Waals surface area contributed by atoms with Crippen molar-refractivity contribution in [2.45, 2.75) is 52.6 Å². The highest BCUT2D eigenvalue weighted by atomic mass is 16.5. The maximum Gasteiger partial charge on any atom is 0.338 e. The van der Waals surface area contributed by atoms with Gasteiger partial charge in [0, 0.05) is 5.69 Å². The Morgan fingerprint density at radius 1 is 1.32 bits per heavy atom. The van der Waals surface area contributed by atoms with E-state index < -0.39 is 0 Å². The van der Waals surface area contributed by atoms with Crippen molar-refractivity contribution in [3.8, 4) is 0 Å². The van der Waals surface area contributed by atoms with E-state index in [2.05, 4.69) is 13.8 Å². The number of rotatable bonds is 2. The molecular formula is C16H23NO2. The molecule has 104 valence electrons. The number of carbonyl (C=O) groups is 1. The van der Waals surface area contributed by atoms with Crippen molar-refractivity contribution in [1.82, 2.24) is 0 Å². The van der Waals surface area contributed by atoms with E-state index in [0.717, 1.165) is 31.2 Å². The average Bonchev–Trinajstić information content (AvgIpc) is 2.35. The Morgan fingerprint density at radius 3 is 2.53 bits per heavy atom. The molecule has 0 aromatic heterocycles. The quantitative estimate of drug-likeness (QED) is 0.652. The molecule has 0 bridgehead atoms. The first-order chi connectivity index (χ1) is 8.87. The SMILES string of the molecule is Cc1ccc(C(=O)OC2CCC(C)(C)CC2)cc1N. The molecule has 0 aliphatic heterocycles. The molecule has 1 aromatic carbocycles. The first kappa shape index (κ1) is 13.9. The van der Waals surface area contributed by atoms with Crippen molar-refractivity contribution in [2.75, 3.05) is 5.73 Å². The fourth-order valence-electron chi connectivity index (χ4n) is 2.48. The Bertz CT molecular complexity index is 470. The minimum Gasteiger partial charge on any atom is -0.459 e. The van der Waals surface area contributed by atoms with E-state index >= 15 is 0 Å². The van der Waals surface area contributed by atoms with Gasteiger partial charge in [0.2, 0.25) is 0 Å². The molecule has 0 spiro atoms. The van der Waals surface area contributed by atoms with Crippen LogP contribution in [0.3, 0.4) is 0 Å². The smallest absolute Gasteiger partial charge is 0.338 e. The lowest BCUT2D eigenvalue weighted by Gasteiger charge is -2.33. The van der Waals surface area contributed by atoms with Gasteiger partial charge in [0.1, 0.15) is 6.10 Å². The van der Waals surface area contributed by atoms with Gasteiger partial charge in [0.15, 0.2) is 0 Å². The lowest BCUT2D eigenvalue weighted by Crippen LogP contribution is -2.28. The normalized spacial score (nSPS) is 19.1. The number of benzene rings is 1. The molecule has 2 N–H and O–H groups in total. The molecule has 3 nitrogen and oxygen atoms in total. The van der Waals surface area contributed by atoms with E-state index in [4.69, 9.17) is 10.5 Å². The topological polar surface area (TPSA) is 52.3 Å². The van der Waals surface area contributed by atoms with Gasteiger partial charge in [0.25, 0.3) is 0 Å². The molecule has 0 heterocycles. The molecule has 3 heteroatoms. The van der Waals surface area contributed by atoms with E-state index in [1.807, 2.05) is 13.0 Å². The van der Waals surface area contributed by atoms with Crippen molar-refractivity contribution in [3.63, 3.8) is 0 Å². The predicted octanol–water partition coefficient (Wildman–Crippen LogP) is 3.70. The summed E-state index contributed by atoms with van der Waals surface area (Å²) in [6.45, 7) is 6.46. The number of nitrogens with two attached hydrogens (primary N) is 1. The second-order valence-corrected chi connectivity index (χ2v) is 6.34. The first-order valence-electron chi connectivity index (χ1n) is 6.94. The molecule has 1 aliphatic carbocycles. The van der Waals surface area contributed by atoms with Crippen molar-refractivity contribution in [1.29, 1.82) is 0 Å². The van der Waals surface area contributed by atoms with Crippen LogP contribution < -0.4 is 5.73 Å². The highest BCUT2D eigenvalue weighted by Gasteiger charge is 2.29. The van der Waals surface area contributed by atoms with Crippen LogP contribution in [0.15, 0.2) is 18.2 Å². The second kappa shape index (κ2) is 5.24. The summed E-state index contributed by atoms with van der Waals surface area (Å²) in [6.07, 6.45) is 4.20. The number of hydrogen-bond acceptors (Lipinski definition) is 3. The van der Waals surface area contributed by atoms with Gasteiger partial charge in [-0.2, -0.15) is 0 Å². The third-order valence-corrected chi connectivity index (χ3v) is 4.07. The van der Waals surface area contributed by atoms with Crippen LogP contribution >= 0.6 is 0 Å². The maximum atomic E-state index is 12.1. The van der Waals surface area contributed by atoms with Gasteiger partial charge in [0.05, 0.1) is 5.56 Å². The summed E-state index contributed by atoms with van der Waals surface area (Å²) < 4.78 is 5.57. The van der Waals surface area contributed by atoms with Gasteiger partial charge in [-0.1, -0.05) is 19.9 Å². The van der Waals surface area contributed by atoms with Crippen LogP contribution in [0.4, 0.5) is 5.69 Å². The fourth-order valence-corrected chi connectivity index (χ4v) is 2.48. The van der Waals surface area contributed by atoms with E-state index in [9.17, 15) is 4.79 Å². The number of hydrogen-bond donors (Lipinski definition) is 1. The van der Waals surface area contributed by atoms with Crippen LogP contribution in [-0.2, 0) is 4.74 Å². The number of aryl methyl sites for hydroxylation is 1. The molecule has 19 heavy (non-hydrogen) atoms. The molecule has 1 aliphatic rings. The molecule has 1 aromatic rings. The number of ether oxygens (including phenoxy) is 1. The lowest BCUT2D eigenvalue weighted by molar-refractivity contribution is 0.00952. The summed E-state index contributed by atoms with van der Waals surface area (Å²) in [5, 5.41) is 0. The number of nitrogen functional groups attached to an aromatic ring is 1. The molecule has 0 radical (unpaired) electrons. The average molecular weight is 261 g/mol.